The summed E-state index contributed by atoms with van der Waals surface area (Å²) in [4.78, 5) is 24.5. The third-order valence-corrected chi connectivity index (χ3v) is 6.06. The highest BCUT2D eigenvalue weighted by Gasteiger charge is 2.39. The van der Waals surface area contributed by atoms with E-state index in [4.69, 9.17) is 4.99 Å². The number of nitrogens with one attached hydrogen (secondary N) is 2. The fourth-order valence-corrected chi connectivity index (χ4v) is 4.42. The molecule has 2 fully saturated rings. The first kappa shape index (κ1) is 23.9. The number of amides is 1. The van der Waals surface area contributed by atoms with Gasteiger partial charge in [0.1, 0.15) is 0 Å². The average molecular weight is 409 g/mol. The lowest BCUT2D eigenvalue weighted by atomic mass is 9.84. The number of likely N-dealkylation sites (N-methyl/N-ethyl adjacent to an activating group) is 1. The van der Waals surface area contributed by atoms with E-state index in [1.54, 1.807) is 0 Å². The van der Waals surface area contributed by atoms with Crippen LogP contribution in [0.5, 0.6) is 0 Å². The second-order valence-corrected chi connectivity index (χ2v) is 9.90. The maximum Gasteiger partial charge on any atom is 0.240 e. The van der Waals surface area contributed by atoms with Gasteiger partial charge in [0.25, 0.3) is 0 Å². The molecule has 0 aromatic heterocycles. The highest BCUT2D eigenvalue weighted by atomic mass is 16.2. The Hall–Kier alpha value is -1.34. The van der Waals surface area contributed by atoms with Crippen molar-refractivity contribution in [3.63, 3.8) is 0 Å². The van der Waals surface area contributed by atoms with E-state index in [0.717, 1.165) is 32.1 Å². The Morgan fingerprint density at radius 2 is 1.72 bits per heavy atom. The lowest BCUT2D eigenvalue weighted by Crippen LogP contribution is -2.58. The van der Waals surface area contributed by atoms with Crippen LogP contribution in [0.25, 0.3) is 0 Å². The molecule has 2 N–H and O–H groups in total. The minimum Gasteiger partial charge on any atom is -0.357 e. The highest BCUT2D eigenvalue weighted by molar-refractivity contribution is 5.86. The number of aliphatic imine (C=N–C) groups is 1. The highest BCUT2D eigenvalue weighted by Crippen LogP contribution is 2.31. The number of guanidine groups is 1. The SMILES string of the molecule is CCNC(=NCC1(N2CCCCC2)CCN(C)CC1)N(C)CC(=O)NC(C)(C)C. The first-order chi connectivity index (χ1) is 13.6. The van der Waals surface area contributed by atoms with Crippen molar-refractivity contribution in [2.75, 3.05) is 59.9 Å². The third-order valence-electron chi connectivity index (χ3n) is 6.06. The Labute approximate surface area is 178 Å². The fourth-order valence-electron chi connectivity index (χ4n) is 4.42. The molecule has 7 nitrogen and oxygen atoms in total. The van der Waals surface area contributed by atoms with Gasteiger partial charge in [0, 0.05) is 24.7 Å². The summed E-state index contributed by atoms with van der Waals surface area (Å²) in [6.45, 7) is 14.7. The Kier molecular flexibility index (Phi) is 8.76. The number of piperidine rings is 2. The molecule has 0 atom stereocenters. The van der Waals surface area contributed by atoms with E-state index in [0.29, 0.717) is 6.54 Å². The van der Waals surface area contributed by atoms with Crippen molar-refractivity contribution in [3.05, 3.63) is 0 Å². The Morgan fingerprint density at radius 1 is 1.10 bits per heavy atom. The normalized spacial score (nSPS) is 21.7. The topological polar surface area (TPSA) is 63.2 Å². The van der Waals surface area contributed by atoms with Crippen LogP contribution in [-0.2, 0) is 4.79 Å². The van der Waals surface area contributed by atoms with Crippen LogP contribution in [0.1, 0.15) is 59.8 Å². The van der Waals surface area contributed by atoms with Gasteiger partial charge in [-0.15, -0.1) is 0 Å². The van der Waals surface area contributed by atoms with Crippen molar-refractivity contribution < 1.29 is 4.79 Å². The van der Waals surface area contributed by atoms with Gasteiger partial charge in [-0.3, -0.25) is 14.7 Å². The smallest absolute Gasteiger partial charge is 0.240 e. The van der Waals surface area contributed by atoms with Crippen molar-refractivity contribution in [3.8, 4) is 0 Å². The Morgan fingerprint density at radius 3 is 2.28 bits per heavy atom. The number of carbonyl (C=O) groups excluding carboxylic acids is 1. The van der Waals surface area contributed by atoms with Crippen molar-refractivity contribution in [1.82, 2.24) is 25.3 Å². The van der Waals surface area contributed by atoms with Crippen LogP contribution >= 0.6 is 0 Å². The maximum absolute atomic E-state index is 12.4. The molecule has 7 heteroatoms. The standard InChI is InChI=1S/C22H44N6O/c1-7-23-20(27(6)17-19(29)25-21(2,3)4)24-18-22(11-15-26(5)16-12-22)28-13-9-8-10-14-28/h7-18H2,1-6H3,(H,23,24)(H,25,29). The van der Waals surface area contributed by atoms with E-state index in [2.05, 4.69) is 34.4 Å². The Balaban J connectivity index is 2.10. The molecular formula is C22H44N6O. The van der Waals surface area contributed by atoms with Crippen molar-refractivity contribution in [2.24, 2.45) is 4.99 Å². The molecule has 0 aliphatic carbocycles. The molecule has 2 aliphatic rings. The summed E-state index contributed by atoms with van der Waals surface area (Å²) in [6.07, 6.45) is 6.29. The number of rotatable bonds is 6. The summed E-state index contributed by atoms with van der Waals surface area (Å²) < 4.78 is 0. The van der Waals surface area contributed by atoms with E-state index in [1.807, 2.05) is 32.7 Å². The van der Waals surface area contributed by atoms with Crippen molar-refractivity contribution >= 4 is 11.9 Å². The first-order valence-electron chi connectivity index (χ1n) is 11.4. The first-order valence-corrected chi connectivity index (χ1v) is 11.4. The van der Waals surface area contributed by atoms with E-state index < -0.39 is 0 Å². The van der Waals surface area contributed by atoms with E-state index >= 15 is 0 Å². The molecule has 1 amide bonds. The third kappa shape index (κ3) is 7.45. The van der Waals surface area contributed by atoms with E-state index in [-0.39, 0.29) is 17.0 Å². The summed E-state index contributed by atoms with van der Waals surface area (Å²) in [5.41, 5.74) is -0.0675. The van der Waals surface area contributed by atoms with Crippen LogP contribution < -0.4 is 10.6 Å². The number of likely N-dealkylation sites (tertiary alicyclic amines) is 2. The minimum atomic E-state index is -0.222. The Bertz CT molecular complexity index is 542. The molecule has 0 saturated carbocycles. The molecule has 2 heterocycles. The number of hydrogen-bond acceptors (Lipinski definition) is 4. The molecule has 168 valence electrons. The summed E-state index contributed by atoms with van der Waals surface area (Å²) in [6, 6.07) is 0. The molecular weight excluding hydrogens is 364 g/mol. The van der Waals surface area contributed by atoms with Gasteiger partial charge in [-0.05, 0) is 86.6 Å². The van der Waals surface area contributed by atoms with Gasteiger partial charge in [0.2, 0.25) is 5.91 Å². The van der Waals surface area contributed by atoms with Gasteiger partial charge in [-0.2, -0.15) is 0 Å². The predicted molar refractivity (Wildman–Crippen MR) is 121 cm³/mol. The molecule has 29 heavy (non-hydrogen) atoms. The average Bonchev–Trinajstić information content (AvgIpc) is 2.65. The largest absolute Gasteiger partial charge is 0.357 e. The zero-order chi connectivity index (χ0) is 21.5. The quantitative estimate of drug-likeness (QED) is 0.518. The lowest BCUT2D eigenvalue weighted by Gasteiger charge is -2.49. The van der Waals surface area contributed by atoms with Crippen LogP contribution in [0, 0.1) is 0 Å². The molecule has 2 aliphatic heterocycles. The molecule has 0 unspecified atom stereocenters. The lowest BCUT2D eigenvalue weighted by molar-refractivity contribution is -0.122. The number of carbonyl (C=O) groups is 1. The van der Waals surface area contributed by atoms with Gasteiger partial charge in [-0.25, -0.2) is 0 Å². The van der Waals surface area contributed by atoms with Gasteiger partial charge < -0.3 is 20.4 Å². The zero-order valence-electron chi connectivity index (χ0n) is 19.7. The van der Waals surface area contributed by atoms with Crippen molar-refractivity contribution in [1.29, 1.82) is 0 Å². The molecule has 2 rings (SSSR count). The summed E-state index contributed by atoms with van der Waals surface area (Å²) in [5, 5.41) is 6.43. The fraction of sp³-hybridized carbons (Fsp3) is 0.909. The second-order valence-electron chi connectivity index (χ2n) is 9.90. The van der Waals surface area contributed by atoms with E-state index in [9.17, 15) is 4.79 Å². The zero-order valence-corrected chi connectivity index (χ0v) is 19.7. The van der Waals surface area contributed by atoms with Crippen LogP contribution in [0.15, 0.2) is 4.99 Å². The molecule has 0 aromatic carbocycles. The molecule has 2 saturated heterocycles. The van der Waals surface area contributed by atoms with Gasteiger partial charge in [0.05, 0.1) is 13.1 Å². The van der Waals surface area contributed by atoms with Gasteiger partial charge in [-0.1, -0.05) is 6.42 Å². The van der Waals surface area contributed by atoms with Crippen LogP contribution in [0.3, 0.4) is 0 Å². The minimum absolute atomic E-state index is 0.0237. The maximum atomic E-state index is 12.4. The summed E-state index contributed by atoms with van der Waals surface area (Å²) in [5.74, 6) is 0.850. The molecule has 0 radical (unpaired) electrons. The molecule has 0 spiro atoms. The van der Waals surface area contributed by atoms with Gasteiger partial charge >= 0.3 is 0 Å². The molecule has 0 bridgehead atoms. The van der Waals surface area contributed by atoms with Crippen LogP contribution in [-0.4, -0.2) is 97.6 Å². The van der Waals surface area contributed by atoms with Gasteiger partial charge in [0.15, 0.2) is 5.96 Å². The van der Waals surface area contributed by atoms with Crippen molar-refractivity contribution in [2.45, 2.75) is 70.9 Å². The summed E-state index contributed by atoms with van der Waals surface area (Å²) in [7, 11) is 4.17. The molecule has 0 aromatic rings. The van der Waals surface area contributed by atoms with E-state index in [1.165, 1.54) is 45.2 Å². The van der Waals surface area contributed by atoms with Crippen LogP contribution in [0.2, 0.25) is 0 Å². The summed E-state index contributed by atoms with van der Waals surface area (Å²) >= 11 is 0. The predicted octanol–water partition coefficient (Wildman–Crippen LogP) is 1.75. The monoisotopic (exact) mass is 408 g/mol. The second kappa shape index (κ2) is 10.6. The number of hydrogen-bond donors (Lipinski definition) is 2. The number of nitrogens with zero attached hydrogens (tertiary/aromatic N) is 4. The van der Waals surface area contributed by atoms with Crippen LogP contribution in [0.4, 0.5) is 0 Å².